The SMILES string of the molecule is CC(NC(=O)c1ccc(NC(=O)CC2=CCCCC2)cc1)C(=O)O. The van der Waals surface area contributed by atoms with Crippen LogP contribution >= 0.6 is 0 Å². The van der Waals surface area contributed by atoms with Gasteiger partial charge < -0.3 is 15.7 Å². The lowest BCUT2D eigenvalue weighted by Gasteiger charge is -2.13. The molecule has 1 aromatic rings. The minimum absolute atomic E-state index is 0.0696. The predicted molar refractivity (Wildman–Crippen MR) is 90.8 cm³/mol. The highest BCUT2D eigenvalue weighted by Crippen LogP contribution is 2.20. The maximum atomic E-state index is 12.0. The predicted octanol–water partition coefficient (Wildman–Crippen LogP) is 2.72. The second kappa shape index (κ2) is 8.29. The fraction of sp³-hybridized carbons (Fsp3) is 0.389. The first-order valence-electron chi connectivity index (χ1n) is 8.07. The first-order valence-corrected chi connectivity index (χ1v) is 8.07. The van der Waals surface area contributed by atoms with E-state index in [0.29, 0.717) is 17.7 Å². The Bertz CT molecular complexity index is 649. The number of rotatable bonds is 6. The molecule has 1 aliphatic carbocycles. The molecular weight excluding hydrogens is 308 g/mol. The van der Waals surface area contributed by atoms with Crippen LogP contribution in [0.15, 0.2) is 35.9 Å². The second-order valence-electron chi connectivity index (χ2n) is 5.94. The summed E-state index contributed by atoms with van der Waals surface area (Å²) in [5.41, 5.74) is 2.13. The maximum absolute atomic E-state index is 12.0. The zero-order valence-electron chi connectivity index (χ0n) is 13.7. The van der Waals surface area contributed by atoms with Crippen LogP contribution in [-0.2, 0) is 9.59 Å². The summed E-state index contributed by atoms with van der Waals surface area (Å²) in [5.74, 6) is -1.63. The Hall–Kier alpha value is -2.63. The molecule has 2 amide bonds. The van der Waals surface area contributed by atoms with Gasteiger partial charge in [0, 0.05) is 17.7 Å². The zero-order valence-corrected chi connectivity index (χ0v) is 13.7. The molecule has 0 fully saturated rings. The summed E-state index contributed by atoms with van der Waals surface area (Å²) in [6, 6.07) is 5.42. The van der Waals surface area contributed by atoms with Gasteiger partial charge in [0.2, 0.25) is 5.91 Å². The standard InChI is InChI=1S/C18H22N2O4/c1-12(18(23)24)19-17(22)14-7-9-15(10-8-14)20-16(21)11-13-5-3-2-4-6-13/h5,7-10,12H,2-4,6,11H2,1H3,(H,19,22)(H,20,21)(H,23,24). The average Bonchev–Trinajstić information content (AvgIpc) is 2.56. The minimum atomic E-state index is -1.09. The van der Waals surface area contributed by atoms with Crippen LogP contribution in [0.1, 0.15) is 49.4 Å². The quantitative estimate of drug-likeness (QED) is 0.699. The highest BCUT2D eigenvalue weighted by atomic mass is 16.4. The van der Waals surface area contributed by atoms with E-state index in [4.69, 9.17) is 5.11 Å². The number of benzene rings is 1. The summed E-state index contributed by atoms with van der Waals surface area (Å²) in [7, 11) is 0. The van der Waals surface area contributed by atoms with E-state index in [9.17, 15) is 14.4 Å². The van der Waals surface area contributed by atoms with E-state index >= 15 is 0 Å². The number of nitrogens with one attached hydrogen (secondary N) is 2. The third kappa shape index (κ3) is 5.22. The van der Waals surface area contributed by atoms with Crippen molar-refractivity contribution in [2.75, 3.05) is 5.32 Å². The highest BCUT2D eigenvalue weighted by Gasteiger charge is 2.15. The van der Waals surface area contributed by atoms with Gasteiger partial charge in [-0.3, -0.25) is 14.4 Å². The molecule has 6 nitrogen and oxygen atoms in total. The van der Waals surface area contributed by atoms with E-state index < -0.39 is 17.9 Å². The van der Waals surface area contributed by atoms with Crippen molar-refractivity contribution in [3.8, 4) is 0 Å². The number of allylic oxidation sites excluding steroid dienone is 1. The molecular formula is C18H22N2O4. The molecule has 0 spiro atoms. The fourth-order valence-corrected chi connectivity index (χ4v) is 2.52. The molecule has 1 atom stereocenters. The largest absolute Gasteiger partial charge is 0.480 e. The van der Waals surface area contributed by atoms with Crippen molar-refractivity contribution in [2.45, 2.75) is 45.1 Å². The number of amides is 2. The Kier molecular flexibility index (Phi) is 6.12. The summed E-state index contributed by atoms with van der Waals surface area (Å²) in [4.78, 5) is 34.6. The van der Waals surface area contributed by atoms with Gasteiger partial charge in [-0.05, 0) is 56.9 Å². The first kappa shape index (κ1) is 17.7. The Labute approximate surface area is 140 Å². The molecule has 0 aliphatic heterocycles. The molecule has 128 valence electrons. The monoisotopic (exact) mass is 330 g/mol. The van der Waals surface area contributed by atoms with Crippen molar-refractivity contribution in [1.29, 1.82) is 0 Å². The van der Waals surface area contributed by atoms with Crippen molar-refractivity contribution >= 4 is 23.5 Å². The van der Waals surface area contributed by atoms with E-state index in [1.165, 1.54) is 18.9 Å². The molecule has 2 rings (SSSR count). The van der Waals surface area contributed by atoms with Gasteiger partial charge in [0.1, 0.15) is 6.04 Å². The molecule has 0 bridgehead atoms. The molecule has 3 N–H and O–H groups in total. The van der Waals surface area contributed by atoms with Crippen LogP contribution in [0.5, 0.6) is 0 Å². The van der Waals surface area contributed by atoms with Crippen molar-refractivity contribution in [2.24, 2.45) is 0 Å². The van der Waals surface area contributed by atoms with Crippen LogP contribution in [-0.4, -0.2) is 28.9 Å². The fourth-order valence-electron chi connectivity index (χ4n) is 2.52. The third-order valence-electron chi connectivity index (χ3n) is 3.92. The van der Waals surface area contributed by atoms with Crippen LogP contribution in [0.3, 0.4) is 0 Å². The average molecular weight is 330 g/mol. The zero-order chi connectivity index (χ0) is 17.5. The normalized spacial score (nSPS) is 15.1. The Morgan fingerprint density at radius 1 is 1.17 bits per heavy atom. The highest BCUT2D eigenvalue weighted by molar-refractivity contribution is 5.97. The summed E-state index contributed by atoms with van der Waals surface area (Å²) in [6.45, 7) is 1.40. The maximum Gasteiger partial charge on any atom is 0.325 e. The number of aliphatic carboxylic acids is 1. The van der Waals surface area contributed by atoms with Crippen molar-refractivity contribution < 1.29 is 19.5 Å². The van der Waals surface area contributed by atoms with Gasteiger partial charge in [-0.2, -0.15) is 0 Å². The van der Waals surface area contributed by atoms with E-state index in [2.05, 4.69) is 16.7 Å². The lowest BCUT2D eigenvalue weighted by molar-refractivity contribution is -0.138. The van der Waals surface area contributed by atoms with Gasteiger partial charge in [-0.25, -0.2) is 0 Å². The van der Waals surface area contributed by atoms with Gasteiger partial charge in [-0.15, -0.1) is 0 Å². The molecule has 6 heteroatoms. The van der Waals surface area contributed by atoms with Crippen LogP contribution in [0.2, 0.25) is 0 Å². The molecule has 0 aromatic heterocycles. The van der Waals surface area contributed by atoms with Crippen molar-refractivity contribution in [3.63, 3.8) is 0 Å². The van der Waals surface area contributed by atoms with Crippen molar-refractivity contribution in [1.82, 2.24) is 5.32 Å². The summed E-state index contributed by atoms with van der Waals surface area (Å²) >= 11 is 0. The van der Waals surface area contributed by atoms with Gasteiger partial charge in [-0.1, -0.05) is 11.6 Å². The summed E-state index contributed by atoms with van der Waals surface area (Å²) in [6.07, 6.45) is 6.89. The first-order chi connectivity index (χ1) is 11.5. The number of carbonyl (C=O) groups excluding carboxylic acids is 2. The lowest BCUT2D eigenvalue weighted by atomic mass is 9.97. The second-order valence-corrected chi connectivity index (χ2v) is 5.94. The van der Waals surface area contributed by atoms with E-state index in [1.807, 2.05) is 0 Å². The van der Waals surface area contributed by atoms with Gasteiger partial charge >= 0.3 is 5.97 Å². The Balaban J connectivity index is 1.89. The number of hydrogen-bond acceptors (Lipinski definition) is 3. The molecule has 0 saturated heterocycles. The number of anilines is 1. The molecule has 0 saturated carbocycles. The summed E-state index contributed by atoms with van der Waals surface area (Å²) < 4.78 is 0. The van der Waals surface area contributed by atoms with Crippen molar-refractivity contribution in [3.05, 3.63) is 41.5 Å². The number of carbonyl (C=O) groups is 3. The Morgan fingerprint density at radius 2 is 1.88 bits per heavy atom. The van der Waals surface area contributed by atoms with Gasteiger partial charge in [0.05, 0.1) is 0 Å². The summed E-state index contributed by atoms with van der Waals surface area (Å²) in [5, 5.41) is 14.0. The number of hydrogen-bond donors (Lipinski definition) is 3. The van der Waals surface area contributed by atoms with Crippen LogP contribution < -0.4 is 10.6 Å². The molecule has 0 radical (unpaired) electrons. The van der Waals surface area contributed by atoms with E-state index in [1.54, 1.807) is 24.3 Å². The third-order valence-corrected chi connectivity index (χ3v) is 3.92. The number of carboxylic acid groups (broad SMARTS) is 1. The van der Waals surface area contributed by atoms with Crippen LogP contribution in [0.25, 0.3) is 0 Å². The smallest absolute Gasteiger partial charge is 0.325 e. The molecule has 0 heterocycles. The number of carboxylic acids is 1. The van der Waals surface area contributed by atoms with Gasteiger partial charge in [0.15, 0.2) is 0 Å². The lowest BCUT2D eigenvalue weighted by Crippen LogP contribution is -2.38. The van der Waals surface area contributed by atoms with E-state index in [-0.39, 0.29) is 5.91 Å². The molecule has 1 unspecified atom stereocenters. The molecule has 1 aliphatic rings. The minimum Gasteiger partial charge on any atom is -0.480 e. The topological polar surface area (TPSA) is 95.5 Å². The van der Waals surface area contributed by atoms with Crippen LogP contribution in [0.4, 0.5) is 5.69 Å². The Morgan fingerprint density at radius 3 is 2.46 bits per heavy atom. The molecule has 24 heavy (non-hydrogen) atoms. The van der Waals surface area contributed by atoms with Gasteiger partial charge in [0.25, 0.3) is 5.91 Å². The molecule has 1 aromatic carbocycles. The van der Waals surface area contributed by atoms with Crippen LogP contribution in [0, 0.1) is 0 Å². The van der Waals surface area contributed by atoms with E-state index in [0.717, 1.165) is 19.3 Å².